The maximum Gasteiger partial charge on any atom is 0.435 e. The van der Waals surface area contributed by atoms with Gasteiger partial charge in [0, 0.05) is 39.9 Å². The first-order valence-electron chi connectivity index (χ1n) is 9.07. The molecule has 1 aliphatic rings. The fourth-order valence-electron chi connectivity index (χ4n) is 3.11. The van der Waals surface area contributed by atoms with Gasteiger partial charge in [-0.25, -0.2) is 0 Å². The molecule has 3 rings (SSSR count). The molecular formula is C20H16Cl2F3N3O2S. The number of amides is 1. The average molecular weight is 490 g/mol. The van der Waals surface area contributed by atoms with Gasteiger partial charge in [0.15, 0.2) is 0 Å². The Labute approximate surface area is 190 Å². The third-order valence-corrected chi connectivity index (χ3v) is 6.34. The van der Waals surface area contributed by atoms with Crippen molar-refractivity contribution in [3.63, 3.8) is 0 Å². The van der Waals surface area contributed by atoms with Crippen molar-refractivity contribution in [2.24, 2.45) is 5.16 Å². The van der Waals surface area contributed by atoms with E-state index in [1.54, 1.807) is 13.0 Å². The Balaban J connectivity index is 1.83. The van der Waals surface area contributed by atoms with E-state index in [2.05, 4.69) is 10.5 Å². The summed E-state index contributed by atoms with van der Waals surface area (Å²) in [5.41, 5.74) is -2.03. The zero-order valence-corrected chi connectivity index (χ0v) is 18.5. The van der Waals surface area contributed by atoms with Crippen molar-refractivity contribution in [1.29, 1.82) is 5.26 Å². The number of alkyl halides is 3. The maximum atomic E-state index is 14.1. The minimum atomic E-state index is -4.77. The molecule has 31 heavy (non-hydrogen) atoms. The molecule has 0 fully saturated rings. The molecule has 2 aromatic rings. The number of nitrogens with zero attached hydrogens (tertiary/aromatic N) is 2. The molecule has 0 saturated heterocycles. The van der Waals surface area contributed by atoms with Gasteiger partial charge in [-0.3, -0.25) is 4.79 Å². The normalized spacial score (nSPS) is 18.3. The third-order valence-electron chi connectivity index (χ3n) is 4.76. The smallest absolute Gasteiger partial charge is 0.374 e. The number of carbonyl (C=O) groups excluding carboxylic acids is 1. The van der Waals surface area contributed by atoms with Gasteiger partial charge in [-0.2, -0.15) is 18.4 Å². The highest BCUT2D eigenvalue weighted by Crippen LogP contribution is 2.50. The van der Waals surface area contributed by atoms with Crippen molar-refractivity contribution >= 4 is 46.2 Å². The summed E-state index contributed by atoms with van der Waals surface area (Å²) in [6.45, 7) is 2.00. The zero-order chi connectivity index (χ0) is 22.8. The Bertz CT molecular complexity index is 1060. The number of thiophene rings is 1. The Hall–Kier alpha value is -2.28. The second-order valence-corrected chi connectivity index (χ2v) is 9.05. The van der Waals surface area contributed by atoms with E-state index in [1.807, 2.05) is 6.07 Å². The average Bonchev–Trinajstić information content (AvgIpc) is 3.28. The highest BCUT2D eigenvalue weighted by atomic mass is 35.5. The summed E-state index contributed by atoms with van der Waals surface area (Å²) in [4.78, 5) is 18.1. The Morgan fingerprint density at radius 1 is 1.32 bits per heavy atom. The summed E-state index contributed by atoms with van der Waals surface area (Å²) in [6.07, 6.45) is -5.11. The van der Waals surface area contributed by atoms with Crippen LogP contribution in [0.5, 0.6) is 0 Å². The molecule has 1 aliphatic heterocycles. The van der Waals surface area contributed by atoms with Crippen LogP contribution >= 0.6 is 34.5 Å². The number of carbonyl (C=O) groups is 1. The van der Waals surface area contributed by atoms with E-state index < -0.39 is 18.2 Å². The number of nitrogens with one attached hydrogen (secondary N) is 1. The molecule has 0 bridgehead atoms. The lowest BCUT2D eigenvalue weighted by atomic mass is 9.88. The van der Waals surface area contributed by atoms with Gasteiger partial charge in [0.1, 0.15) is 5.71 Å². The molecule has 1 atom stereocenters. The molecule has 11 heteroatoms. The molecule has 1 N–H and O–H groups in total. The Morgan fingerprint density at radius 2 is 2.00 bits per heavy atom. The fraction of sp³-hybridized carbons (Fsp3) is 0.350. The van der Waals surface area contributed by atoms with Crippen LogP contribution in [0.3, 0.4) is 0 Å². The number of nitriles is 1. The first-order chi connectivity index (χ1) is 14.6. The molecular weight excluding hydrogens is 474 g/mol. The van der Waals surface area contributed by atoms with E-state index in [-0.39, 0.29) is 46.6 Å². The first-order valence-corrected chi connectivity index (χ1v) is 10.6. The molecule has 0 radical (unpaired) electrons. The summed E-state index contributed by atoms with van der Waals surface area (Å²) in [5.74, 6) is -0.274. The van der Waals surface area contributed by atoms with E-state index in [9.17, 15) is 18.0 Å². The van der Waals surface area contributed by atoms with Gasteiger partial charge in [0.25, 0.3) is 5.60 Å². The van der Waals surface area contributed by atoms with Crippen LogP contribution in [-0.2, 0) is 21.8 Å². The van der Waals surface area contributed by atoms with Gasteiger partial charge < -0.3 is 10.2 Å². The molecule has 0 spiro atoms. The van der Waals surface area contributed by atoms with Gasteiger partial charge in [-0.1, -0.05) is 28.4 Å². The fourth-order valence-corrected chi connectivity index (χ4v) is 4.66. The number of oxime groups is 1. The first kappa shape index (κ1) is 23.4. The predicted octanol–water partition coefficient (Wildman–Crippen LogP) is 5.87. The molecule has 1 unspecified atom stereocenters. The monoisotopic (exact) mass is 489 g/mol. The number of aryl methyl sites for hydroxylation is 1. The quantitative estimate of drug-likeness (QED) is 0.551. The molecule has 164 valence electrons. The van der Waals surface area contributed by atoms with Crippen LogP contribution in [0.15, 0.2) is 29.4 Å². The number of rotatable bonds is 6. The summed E-state index contributed by atoms with van der Waals surface area (Å²) >= 11 is 13.1. The third kappa shape index (κ3) is 4.97. The molecule has 1 aromatic carbocycles. The maximum absolute atomic E-state index is 14.1. The number of hydrogen-bond donors (Lipinski definition) is 1. The molecule has 0 aliphatic carbocycles. The van der Waals surface area contributed by atoms with Gasteiger partial charge >= 0.3 is 6.18 Å². The molecule has 5 nitrogen and oxygen atoms in total. The topological polar surface area (TPSA) is 74.5 Å². The van der Waals surface area contributed by atoms with Crippen molar-refractivity contribution < 1.29 is 22.8 Å². The second kappa shape index (κ2) is 9.07. The zero-order valence-electron chi connectivity index (χ0n) is 16.1. The Morgan fingerprint density at radius 3 is 2.61 bits per heavy atom. The van der Waals surface area contributed by atoms with E-state index in [1.165, 1.54) is 29.5 Å². The lowest BCUT2D eigenvalue weighted by Crippen LogP contribution is -2.42. The van der Waals surface area contributed by atoms with E-state index >= 15 is 0 Å². The van der Waals surface area contributed by atoms with Crippen molar-refractivity contribution in [3.8, 4) is 6.07 Å². The lowest BCUT2D eigenvalue weighted by molar-refractivity contribution is -0.275. The van der Waals surface area contributed by atoms with Crippen molar-refractivity contribution in [3.05, 3.63) is 55.2 Å². The number of halogens is 5. The van der Waals surface area contributed by atoms with E-state index in [4.69, 9.17) is 33.3 Å². The standard InChI is InChI=1S/C20H16Cl2F3N3O2S/c1-11-12(10-27-18(29)3-2-4-26)5-17(31-11)16-9-19(30-28-16,20(23,24)25)13-6-14(21)8-15(22)7-13/h5-8H,2-3,9-10H2,1H3,(H,27,29). The van der Waals surface area contributed by atoms with Crippen LogP contribution in [-0.4, -0.2) is 17.8 Å². The van der Waals surface area contributed by atoms with Gasteiger partial charge in [0.05, 0.1) is 17.4 Å². The SMILES string of the molecule is Cc1sc(C2=NOC(c3cc(Cl)cc(Cl)c3)(C(F)(F)F)C2)cc1CNC(=O)CCC#N. The van der Waals surface area contributed by atoms with Crippen LogP contribution in [0.1, 0.15) is 40.1 Å². The molecule has 2 heterocycles. The Kier molecular flexibility index (Phi) is 6.84. The highest BCUT2D eigenvalue weighted by molar-refractivity contribution is 7.14. The van der Waals surface area contributed by atoms with E-state index in [0.717, 1.165) is 10.4 Å². The van der Waals surface area contributed by atoms with Crippen molar-refractivity contribution in [2.75, 3.05) is 0 Å². The van der Waals surface area contributed by atoms with Gasteiger partial charge in [-0.05, 0) is 36.8 Å². The van der Waals surface area contributed by atoms with Crippen molar-refractivity contribution in [2.45, 2.75) is 44.5 Å². The van der Waals surface area contributed by atoms with Crippen LogP contribution < -0.4 is 5.32 Å². The lowest BCUT2D eigenvalue weighted by Gasteiger charge is -2.29. The van der Waals surface area contributed by atoms with Crippen LogP contribution in [0.25, 0.3) is 0 Å². The molecule has 1 aromatic heterocycles. The van der Waals surface area contributed by atoms with E-state index in [0.29, 0.717) is 4.88 Å². The van der Waals surface area contributed by atoms with Gasteiger partial charge in [-0.15, -0.1) is 11.3 Å². The predicted molar refractivity (Wildman–Crippen MR) is 112 cm³/mol. The van der Waals surface area contributed by atoms with Crippen molar-refractivity contribution in [1.82, 2.24) is 5.32 Å². The molecule has 1 amide bonds. The highest BCUT2D eigenvalue weighted by Gasteiger charge is 2.62. The summed E-state index contributed by atoms with van der Waals surface area (Å²) in [7, 11) is 0. The minimum absolute atomic E-state index is 0.0598. The summed E-state index contributed by atoms with van der Waals surface area (Å²) in [6, 6.07) is 7.25. The second-order valence-electron chi connectivity index (χ2n) is 6.92. The largest absolute Gasteiger partial charge is 0.435 e. The molecule has 0 saturated carbocycles. The summed E-state index contributed by atoms with van der Waals surface area (Å²) < 4.78 is 42.3. The van der Waals surface area contributed by atoms with Crippen LogP contribution in [0.2, 0.25) is 10.0 Å². The number of benzene rings is 1. The van der Waals surface area contributed by atoms with Crippen LogP contribution in [0, 0.1) is 18.3 Å². The minimum Gasteiger partial charge on any atom is -0.374 e. The number of hydrogen-bond acceptors (Lipinski definition) is 5. The summed E-state index contributed by atoms with van der Waals surface area (Å²) in [5, 5.41) is 15.1. The van der Waals surface area contributed by atoms with Gasteiger partial charge in [0.2, 0.25) is 5.91 Å². The van der Waals surface area contributed by atoms with Crippen LogP contribution in [0.4, 0.5) is 13.2 Å².